The lowest BCUT2D eigenvalue weighted by Crippen LogP contribution is -2.45. The standard InChI is InChI=1S/C22H30N6O4/c1-14-5-6-17(11-15(14)2)32-13-16(29)12-28-18-19(25(3)22(31)26(4)20(18)30)24-21(28)27-9-7-23-8-10-27/h5-6,11,16,23,29H,7-10,12-13H2,1-4H3/t16-/m1/s1. The zero-order valence-corrected chi connectivity index (χ0v) is 19.0. The summed E-state index contributed by atoms with van der Waals surface area (Å²) in [6, 6.07) is 5.79. The molecule has 0 spiro atoms. The van der Waals surface area contributed by atoms with Crippen LogP contribution in [-0.4, -0.2) is 62.7 Å². The van der Waals surface area contributed by atoms with Crippen molar-refractivity contribution < 1.29 is 9.84 Å². The number of piperazine rings is 1. The van der Waals surface area contributed by atoms with Gasteiger partial charge in [0.1, 0.15) is 18.5 Å². The van der Waals surface area contributed by atoms with Crippen molar-refractivity contribution in [3.8, 4) is 5.75 Å². The number of rotatable bonds is 6. The fourth-order valence-electron chi connectivity index (χ4n) is 3.97. The van der Waals surface area contributed by atoms with E-state index in [1.165, 1.54) is 17.2 Å². The summed E-state index contributed by atoms with van der Waals surface area (Å²) in [6.45, 7) is 7.24. The van der Waals surface area contributed by atoms with Crippen LogP contribution in [0.3, 0.4) is 0 Å². The number of hydrogen-bond donors (Lipinski definition) is 2. The topological polar surface area (TPSA) is 107 Å². The van der Waals surface area contributed by atoms with Gasteiger partial charge in [-0.25, -0.2) is 4.79 Å². The number of benzene rings is 1. The third kappa shape index (κ3) is 4.03. The molecule has 1 aromatic carbocycles. The van der Waals surface area contributed by atoms with Crippen LogP contribution in [0.4, 0.5) is 5.95 Å². The van der Waals surface area contributed by atoms with Gasteiger partial charge in [-0.2, -0.15) is 4.98 Å². The first-order valence-corrected chi connectivity index (χ1v) is 10.8. The van der Waals surface area contributed by atoms with Crippen LogP contribution in [0.5, 0.6) is 5.75 Å². The Bertz CT molecular complexity index is 1250. The van der Waals surface area contributed by atoms with E-state index in [1.807, 2.05) is 32.0 Å². The highest BCUT2D eigenvalue weighted by Crippen LogP contribution is 2.21. The predicted octanol–water partition coefficient (Wildman–Crippen LogP) is -0.1000. The van der Waals surface area contributed by atoms with E-state index in [0.29, 0.717) is 36.0 Å². The summed E-state index contributed by atoms with van der Waals surface area (Å²) in [6.07, 6.45) is -0.877. The van der Waals surface area contributed by atoms with Gasteiger partial charge in [0.05, 0.1) is 6.54 Å². The summed E-state index contributed by atoms with van der Waals surface area (Å²) in [5, 5.41) is 14.1. The van der Waals surface area contributed by atoms with Crippen LogP contribution in [0.2, 0.25) is 0 Å². The van der Waals surface area contributed by atoms with Crippen molar-refractivity contribution in [1.29, 1.82) is 0 Å². The fraction of sp³-hybridized carbons (Fsp3) is 0.500. The average molecular weight is 443 g/mol. The van der Waals surface area contributed by atoms with Gasteiger partial charge in [0.25, 0.3) is 5.56 Å². The highest BCUT2D eigenvalue weighted by Gasteiger charge is 2.25. The van der Waals surface area contributed by atoms with Crippen molar-refractivity contribution in [2.45, 2.75) is 26.5 Å². The van der Waals surface area contributed by atoms with E-state index in [4.69, 9.17) is 4.74 Å². The quantitative estimate of drug-likeness (QED) is 0.549. The van der Waals surface area contributed by atoms with Gasteiger partial charge >= 0.3 is 5.69 Å². The molecule has 2 aromatic heterocycles. The summed E-state index contributed by atoms with van der Waals surface area (Å²) in [7, 11) is 3.05. The molecule has 0 bridgehead atoms. The first-order chi connectivity index (χ1) is 15.3. The number of fused-ring (bicyclic) bond motifs is 1. The number of nitrogens with zero attached hydrogens (tertiary/aromatic N) is 5. The van der Waals surface area contributed by atoms with Crippen molar-refractivity contribution in [1.82, 2.24) is 24.0 Å². The Hall–Kier alpha value is -3.11. The summed E-state index contributed by atoms with van der Waals surface area (Å²) in [5.74, 6) is 1.26. The molecule has 2 N–H and O–H groups in total. The maximum Gasteiger partial charge on any atom is 0.332 e. The minimum absolute atomic E-state index is 0.0647. The number of aromatic nitrogens is 4. The lowest BCUT2D eigenvalue weighted by atomic mass is 10.1. The van der Waals surface area contributed by atoms with E-state index in [2.05, 4.69) is 15.2 Å². The lowest BCUT2D eigenvalue weighted by molar-refractivity contribution is 0.0935. The molecule has 3 heterocycles. The Morgan fingerprint density at radius 1 is 1.12 bits per heavy atom. The molecule has 1 saturated heterocycles. The Balaban J connectivity index is 1.68. The average Bonchev–Trinajstić information content (AvgIpc) is 3.17. The maximum absolute atomic E-state index is 13.0. The van der Waals surface area contributed by atoms with E-state index in [9.17, 15) is 14.7 Å². The second kappa shape index (κ2) is 8.79. The van der Waals surface area contributed by atoms with Crippen LogP contribution in [0.15, 0.2) is 27.8 Å². The van der Waals surface area contributed by atoms with Crippen LogP contribution in [0.1, 0.15) is 11.1 Å². The minimum Gasteiger partial charge on any atom is -0.491 e. The molecule has 0 saturated carbocycles. The van der Waals surface area contributed by atoms with Crippen LogP contribution >= 0.6 is 0 Å². The van der Waals surface area contributed by atoms with Crippen molar-refractivity contribution >= 4 is 17.1 Å². The molecule has 1 aliphatic rings. The van der Waals surface area contributed by atoms with Gasteiger partial charge < -0.3 is 24.6 Å². The van der Waals surface area contributed by atoms with E-state index in [0.717, 1.165) is 23.2 Å². The predicted molar refractivity (Wildman–Crippen MR) is 123 cm³/mol. The van der Waals surface area contributed by atoms with Gasteiger partial charge in [-0.05, 0) is 37.1 Å². The van der Waals surface area contributed by atoms with Gasteiger partial charge in [-0.15, -0.1) is 0 Å². The number of imidazole rings is 1. The van der Waals surface area contributed by atoms with E-state index >= 15 is 0 Å². The minimum atomic E-state index is -0.877. The Morgan fingerprint density at radius 3 is 2.53 bits per heavy atom. The van der Waals surface area contributed by atoms with Crippen molar-refractivity contribution in [2.75, 3.05) is 37.7 Å². The molecule has 1 fully saturated rings. The van der Waals surface area contributed by atoms with E-state index < -0.39 is 17.4 Å². The molecule has 0 radical (unpaired) electrons. The smallest absolute Gasteiger partial charge is 0.332 e. The molecular weight excluding hydrogens is 412 g/mol. The van der Waals surface area contributed by atoms with Gasteiger partial charge in [0.15, 0.2) is 11.2 Å². The van der Waals surface area contributed by atoms with Crippen molar-refractivity contribution in [3.63, 3.8) is 0 Å². The number of aliphatic hydroxyl groups excluding tert-OH is 1. The molecular formula is C22H30N6O4. The third-order valence-corrected chi connectivity index (χ3v) is 6.04. The zero-order valence-electron chi connectivity index (χ0n) is 19.0. The molecule has 0 amide bonds. The number of aliphatic hydroxyl groups is 1. The number of anilines is 1. The number of nitrogens with one attached hydrogen (secondary N) is 1. The number of aryl methyl sites for hydroxylation is 3. The van der Waals surface area contributed by atoms with Crippen molar-refractivity contribution in [2.24, 2.45) is 14.1 Å². The Kier molecular flexibility index (Phi) is 6.07. The maximum atomic E-state index is 13.0. The summed E-state index contributed by atoms with van der Waals surface area (Å²) in [4.78, 5) is 32.1. The zero-order chi connectivity index (χ0) is 23.0. The normalized spacial score (nSPS) is 15.3. The SMILES string of the molecule is Cc1ccc(OC[C@H](O)Cn2c(N3CCNCC3)nc3c2c(=O)n(C)c(=O)n3C)cc1C. The molecule has 10 nitrogen and oxygen atoms in total. The first-order valence-electron chi connectivity index (χ1n) is 10.8. The third-order valence-electron chi connectivity index (χ3n) is 6.04. The van der Waals surface area contributed by atoms with E-state index in [-0.39, 0.29) is 13.2 Å². The lowest BCUT2D eigenvalue weighted by Gasteiger charge is -2.29. The highest BCUT2D eigenvalue weighted by atomic mass is 16.5. The first kappa shape index (κ1) is 22.1. The van der Waals surface area contributed by atoms with Crippen LogP contribution in [-0.2, 0) is 20.6 Å². The Morgan fingerprint density at radius 2 is 1.84 bits per heavy atom. The molecule has 0 aliphatic carbocycles. The largest absolute Gasteiger partial charge is 0.491 e. The number of hydrogen-bond acceptors (Lipinski definition) is 7. The molecule has 172 valence electrons. The Labute approximate surface area is 185 Å². The molecule has 32 heavy (non-hydrogen) atoms. The molecule has 3 aromatic rings. The van der Waals surface area contributed by atoms with Gasteiger partial charge in [0.2, 0.25) is 5.95 Å². The van der Waals surface area contributed by atoms with E-state index in [1.54, 1.807) is 11.6 Å². The molecule has 4 rings (SSSR count). The second-order valence-electron chi connectivity index (χ2n) is 8.35. The van der Waals surface area contributed by atoms with Crippen LogP contribution in [0, 0.1) is 13.8 Å². The number of ether oxygens (including phenoxy) is 1. The van der Waals surface area contributed by atoms with Gasteiger partial charge in [-0.3, -0.25) is 13.9 Å². The summed E-state index contributed by atoms with van der Waals surface area (Å²) in [5.41, 5.74) is 2.03. The van der Waals surface area contributed by atoms with Gasteiger partial charge in [-0.1, -0.05) is 6.07 Å². The van der Waals surface area contributed by atoms with Gasteiger partial charge in [0, 0.05) is 40.3 Å². The second-order valence-corrected chi connectivity index (χ2v) is 8.35. The van der Waals surface area contributed by atoms with Crippen LogP contribution in [0.25, 0.3) is 11.2 Å². The van der Waals surface area contributed by atoms with Crippen molar-refractivity contribution in [3.05, 3.63) is 50.2 Å². The fourth-order valence-corrected chi connectivity index (χ4v) is 3.97. The summed E-state index contributed by atoms with van der Waals surface area (Å²) >= 11 is 0. The molecule has 0 unspecified atom stereocenters. The highest BCUT2D eigenvalue weighted by molar-refractivity contribution is 5.74. The molecule has 1 atom stereocenters. The monoisotopic (exact) mass is 442 g/mol. The van der Waals surface area contributed by atoms with Crippen LogP contribution < -0.4 is 26.2 Å². The summed E-state index contributed by atoms with van der Waals surface area (Å²) < 4.78 is 9.96. The molecule has 1 aliphatic heterocycles. The molecule has 10 heteroatoms.